The number of hydrogen-bond acceptors (Lipinski definition) is 5. The van der Waals surface area contributed by atoms with Gasteiger partial charge in [-0.05, 0) is 48.0 Å². The number of anilines is 2. The number of aryl methyl sites for hydroxylation is 1. The van der Waals surface area contributed by atoms with Crippen LogP contribution in [0, 0.1) is 0 Å². The van der Waals surface area contributed by atoms with Crippen molar-refractivity contribution in [1.29, 1.82) is 0 Å². The van der Waals surface area contributed by atoms with Gasteiger partial charge in [-0.15, -0.1) is 0 Å². The Balaban J connectivity index is 1.76. The molecule has 6 nitrogen and oxygen atoms in total. The molecule has 0 aliphatic rings. The first-order valence-corrected chi connectivity index (χ1v) is 11.8. The van der Waals surface area contributed by atoms with Crippen LogP contribution in [0.25, 0.3) is 10.9 Å². The smallest absolute Gasteiger partial charge is 0.265 e. The Hall–Kier alpha value is -3.48. The molecule has 180 valence electrons. The number of hydrogen-bond donors (Lipinski definition) is 2. The number of carbonyl (C=O) groups is 1. The number of fused-ring (bicyclic) bond motifs is 1. The van der Waals surface area contributed by atoms with Crippen molar-refractivity contribution in [3.05, 3.63) is 98.3 Å². The fourth-order valence-electron chi connectivity index (χ4n) is 4.07. The predicted octanol–water partition coefficient (Wildman–Crippen LogP) is 6.04. The molecule has 1 unspecified atom stereocenters. The zero-order valence-corrected chi connectivity index (χ0v) is 21.1. The molecule has 0 spiro atoms. The second kappa shape index (κ2) is 10.0. The number of rotatable bonds is 7. The molecular formula is C27H25Cl2N3O3. The number of para-hydroxylation sites is 1. The average Bonchev–Trinajstić information content (AvgIpc) is 2.84. The number of aromatic nitrogens is 1. The van der Waals surface area contributed by atoms with Crippen molar-refractivity contribution in [2.75, 3.05) is 24.3 Å². The van der Waals surface area contributed by atoms with Crippen molar-refractivity contribution in [3.63, 3.8) is 0 Å². The number of ketones is 1. The summed E-state index contributed by atoms with van der Waals surface area (Å²) in [4.78, 5) is 28.5. The molecule has 1 heterocycles. The largest absolute Gasteiger partial charge is 0.506 e. The topological polar surface area (TPSA) is 74.6 Å². The molecule has 0 bridgehead atoms. The molecule has 0 radical (unpaired) electrons. The highest BCUT2D eigenvalue weighted by Crippen LogP contribution is 2.33. The molecule has 2 N–H and O–H groups in total. The first kappa shape index (κ1) is 24.6. The standard InChI is InChI=1S/C27H25Cl2N3O3/c1-31(2)18-11-8-16(9-12-18)21(30-22-14-17(28)10-13-20(22)29)15-24(33)25-26(34)19-6-4-5-7-23(19)32(3)27(25)35/h4-14,21,30,34H,15H2,1-3H3. The van der Waals surface area contributed by atoms with Gasteiger partial charge in [0.15, 0.2) is 5.78 Å². The van der Waals surface area contributed by atoms with E-state index < -0.39 is 17.4 Å². The lowest BCUT2D eigenvalue weighted by molar-refractivity contribution is 0.0972. The fourth-order valence-corrected chi connectivity index (χ4v) is 4.42. The Kier molecular flexibility index (Phi) is 7.05. The fraction of sp³-hybridized carbons (Fsp3) is 0.185. The summed E-state index contributed by atoms with van der Waals surface area (Å²) in [5.74, 6) is -0.794. The van der Waals surface area contributed by atoms with Gasteiger partial charge in [0.2, 0.25) is 0 Å². The Morgan fingerprint density at radius 1 is 1.06 bits per heavy atom. The first-order chi connectivity index (χ1) is 16.7. The third-order valence-electron chi connectivity index (χ3n) is 6.01. The van der Waals surface area contributed by atoms with Crippen LogP contribution in [-0.2, 0) is 7.05 Å². The quantitative estimate of drug-likeness (QED) is 0.297. The van der Waals surface area contributed by atoms with E-state index in [4.69, 9.17) is 23.2 Å². The van der Waals surface area contributed by atoms with Crippen LogP contribution in [0.3, 0.4) is 0 Å². The molecule has 8 heteroatoms. The number of benzene rings is 3. The molecular weight excluding hydrogens is 485 g/mol. The van der Waals surface area contributed by atoms with Gasteiger partial charge >= 0.3 is 0 Å². The number of Topliss-reactive ketones (excluding diaryl/α,β-unsaturated/α-hetero) is 1. The normalized spacial score (nSPS) is 11.9. The van der Waals surface area contributed by atoms with E-state index in [-0.39, 0.29) is 17.7 Å². The van der Waals surface area contributed by atoms with Crippen molar-refractivity contribution in [1.82, 2.24) is 4.57 Å². The minimum atomic E-state index is -0.548. The summed E-state index contributed by atoms with van der Waals surface area (Å²) in [5, 5.41) is 15.6. The summed E-state index contributed by atoms with van der Waals surface area (Å²) in [6, 6.07) is 19.1. The first-order valence-electron chi connectivity index (χ1n) is 11.0. The lowest BCUT2D eigenvalue weighted by Crippen LogP contribution is -2.27. The van der Waals surface area contributed by atoms with Gasteiger partial charge in [-0.2, -0.15) is 0 Å². The van der Waals surface area contributed by atoms with Crippen LogP contribution in [-0.4, -0.2) is 29.6 Å². The lowest BCUT2D eigenvalue weighted by atomic mass is 9.96. The van der Waals surface area contributed by atoms with Crippen molar-refractivity contribution in [2.24, 2.45) is 7.05 Å². The molecule has 0 saturated carbocycles. The Labute approximate surface area is 213 Å². The van der Waals surface area contributed by atoms with Crippen LogP contribution >= 0.6 is 23.2 Å². The maximum Gasteiger partial charge on any atom is 0.265 e. The minimum Gasteiger partial charge on any atom is -0.506 e. The Morgan fingerprint density at radius 3 is 2.43 bits per heavy atom. The average molecular weight is 510 g/mol. The van der Waals surface area contributed by atoms with Crippen LogP contribution in [0.5, 0.6) is 5.75 Å². The van der Waals surface area contributed by atoms with Crippen LogP contribution in [0.2, 0.25) is 10.0 Å². The molecule has 0 amide bonds. The van der Waals surface area contributed by atoms with E-state index in [0.29, 0.717) is 26.6 Å². The van der Waals surface area contributed by atoms with E-state index in [1.807, 2.05) is 43.3 Å². The Bertz CT molecular complexity index is 1460. The molecule has 0 aliphatic heterocycles. The van der Waals surface area contributed by atoms with E-state index in [1.165, 1.54) is 4.57 Å². The molecule has 3 aromatic carbocycles. The highest BCUT2D eigenvalue weighted by molar-refractivity contribution is 6.35. The van der Waals surface area contributed by atoms with Crippen LogP contribution in [0.1, 0.15) is 28.4 Å². The second-order valence-corrected chi connectivity index (χ2v) is 9.38. The predicted molar refractivity (Wildman–Crippen MR) is 143 cm³/mol. The summed E-state index contributed by atoms with van der Waals surface area (Å²) >= 11 is 12.5. The SMILES string of the molecule is CN(C)c1ccc(C(CC(=O)c2c(O)c3ccccc3n(C)c2=O)Nc2cc(Cl)ccc2Cl)cc1. The molecule has 4 aromatic rings. The number of nitrogens with zero attached hydrogens (tertiary/aromatic N) is 2. The van der Waals surface area contributed by atoms with Gasteiger partial charge in [0, 0.05) is 43.7 Å². The van der Waals surface area contributed by atoms with Crippen molar-refractivity contribution < 1.29 is 9.90 Å². The van der Waals surface area contributed by atoms with E-state index in [1.54, 1.807) is 49.5 Å². The molecule has 0 fully saturated rings. The van der Waals surface area contributed by atoms with Crippen molar-refractivity contribution >= 4 is 51.3 Å². The van der Waals surface area contributed by atoms with Gasteiger partial charge in [0.25, 0.3) is 5.56 Å². The highest BCUT2D eigenvalue weighted by atomic mass is 35.5. The minimum absolute atomic E-state index is 0.0920. The zero-order chi connectivity index (χ0) is 25.3. The second-order valence-electron chi connectivity index (χ2n) is 8.54. The number of aromatic hydroxyl groups is 1. The molecule has 1 aromatic heterocycles. The van der Waals surface area contributed by atoms with Crippen molar-refractivity contribution in [2.45, 2.75) is 12.5 Å². The van der Waals surface area contributed by atoms with E-state index in [9.17, 15) is 14.7 Å². The number of nitrogens with one attached hydrogen (secondary N) is 1. The molecule has 35 heavy (non-hydrogen) atoms. The summed E-state index contributed by atoms with van der Waals surface area (Å²) in [6.07, 6.45) is -0.0920. The van der Waals surface area contributed by atoms with Crippen LogP contribution in [0.4, 0.5) is 11.4 Å². The van der Waals surface area contributed by atoms with Gasteiger partial charge < -0.3 is 19.9 Å². The van der Waals surface area contributed by atoms with Crippen LogP contribution < -0.4 is 15.8 Å². The third-order valence-corrected chi connectivity index (χ3v) is 6.58. The summed E-state index contributed by atoms with van der Waals surface area (Å²) in [7, 11) is 5.47. The van der Waals surface area contributed by atoms with Crippen molar-refractivity contribution in [3.8, 4) is 5.75 Å². The number of halogens is 2. The van der Waals surface area contributed by atoms with E-state index >= 15 is 0 Å². The molecule has 1 atom stereocenters. The maximum atomic E-state index is 13.5. The van der Waals surface area contributed by atoms with Crippen LogP contribution in [0.15, 0.2) is 71.5 Å². The third kappa shape index (κ3) is 4.99. The summed E-state index contributed by atoms with van der Waals surface area (Å²) in [6.45, 7) is 0. The zero-order valence-electron chi connectivity index (χ0n) is 19.5. The molecule has 4 rings (SSSR count). The highest BCUT2D eigenvalue weighted by Gasteiger charge is 2.25. The maximum absolute atomic E-state index is 13.5. The summed E-state index contributed by atoms with van der Waals surface area (Å²) < 4.78 is 1.38. The van der Waals surface area contributed by atoms with Gasteiger partial charge in [0.1, 0.15) is 11.3 Å². The summed E-state index contributed by atoms with van der Waals surface area (Å²) in [5.41, 5.74) is 2.14. The number of pyridine rings is 1. The number of carbonyl (C=O) groups excluding carboxylic acids is 1. The lowest BCUT2D eigenvalue weighted by Gasteiger charge is -2.22. The Morgan fingerprint density at radius 2 is 1.74 bits per heavy atom. The van der Waals surface area contributed by atoms with Gasteiger partial charge in [-0.25, -0.2) is 0 Å². The molecule has 0 aliphatic carbocycles. The van der Waals surface area contributed by atoms with Gasteiger partial charge in [-0.1, -0.05) is 47.5 Å². The molecule has 0 saturated heterocycles. The van der Waals surface area contributed by atoms with Gasteiger partial charge in [-0.3, -0.25) is 9.59 Å². The van der Waals surface area contributed by atoms with Gasteiger partial charge in [0.05, 0.1) is 22.3 Å². The monoisotopic (exact) mass is 509 g/mol. The van der Waals surface area contributed by atoms with E-state index in [0.717, 1.165) is 11.3 Å². The van der Waals surface area contributed by atoms with E-state index in [2.05, 4.69) is 5.32 Å².